The van der Waals surface area contributed by atoms with Gasteiger partial charge in [-0.25, -0.2) is 4.98 Å². The molecule has 1 aliphatic carbocycles. The fourth-order valence-corrected chi connectivity index (χ4v) is 2.44. The summed E-state index contributed by atoms with van der Waals surface area (Å²) in [4.78, 5) is 4.31. The SMILES string of the molecule is CC(NC1C=CCCC1)c1cscn1. The van der Waals surface area contributed by atoms with Crippen molar-refractivity contribution in [3.63, 3.8) is 0 Å². The third-order valence-electron chi connectivity index (χ3n) is 2.61. The van der Waals surface area contributed by atoms with Gasteiger partial charge in [-0.3, -0.25) is 0 Å². The third-order valence-corrected chi connectivity index (χ3v) is 3.22. The van der Waals surface area contributed by atoms with Crippen LogP contribution in [0.5, 0.6) is 0 Å². The molecular formula is C11H16N2S. The van der Waals surface area contributed by atoms with E-state index in [-0.39, 0.29) is 0 Å². The Hall–Kier alpha value is -0.670. The Kier molecular flexibility index (Phi) is 3.32. The largest absolute Gasteiger partial charge is 0.303 e. The minimum atomic E-state index is 0.369. The van der Waals surface area contributed by atoms with E-state index in [9.17, 15) is 0 Å². The first-order valence-electron chi connectivity index (χ1n) is 5.17. The zero-order valence-electron chi connectivity index (χ0n) is 8.44. The average molecular weight is 208 g/mol. The number of thiazole rings is 1. The normalized spacial score (nSPS) is 23.6. The summed E-state index contributed by atoms with van der Waals surface area (Å²) in [6.45, 7) is 2.18. The lowest BCUT2D eigenvalue weighted by molar-refractivity contribution is 0.462. The van der Waals surface area contributed by atoms with Crippen molar-refractivity contribution in [2.45, 2.75) is 38.3 Å². The molecule has 0 radical (unpaired) electrons. The van der Waals surface area contributed by atoms with E-state index >= 15 is 0 Å². The van der Waals surface area contributed by atoms with Crippen LogP contribution >= 0.6 is 11.3 Å². The molecule has 0 aliphatic heterocycles. The van der Waals surface area contributed by atoms with E-state index in [2.05, 4.69) is 34.8 Å². The molecule has 14 heavy (non-hydrogen) atoms. The highest BCUT2D eigenvalue weighted by molar-refractivity contribution is 7.07. The maximum absolute atomic E-state index is 4.31. The van der Waals surface area contributed by atoms with E-state index in [1.165, 1.54) is 19.3 Å². The molecule has 1 heterocycles. The summed E-state index contributed by atoms with van der Waals surface area (Å²) in [7, 11) is 0. The van der Waals surface area contributed by atoms with Crippen molar-refractivity contribution in [3.8, 4) is 0 Å². The van der Waals surface area contributed by atoms with Crippen LogP contribution in [0.15, 0.2) is 23.0 Å². The molecule has 2 atom stereocenters. The van der Waals surface area contributed by atoms with Crippen LogP contribution in [0, 0.1) is 0 Å². The predicted molar refractivity (Wildman–Crippen MR) is 60.4 cm³/mol. The molecule has 0 saturated carbocycles. The van der Waals surface area contributed by atoms with Gasteiger partial charge in [0.15, 0.2) is 0 Å². The van der Waals surface area contributed by atoms with Gasteiger partial charge >= 0.3 is 0 Å². The molecule has 2 rings (SSSR count). The Labute approximate surface area is 89.1 Å². The number of allylic oxidation sites excluding steroid dienone is 1. The summed E-state index contributed by atoms with van der Waals surface area (Å²) in [6.07, 6.45) is 8.35. The summed E-state index contributed by atoms with van der Waals surface area (Å²) in [5.74, 6) is 0. The van der Waals surface area contributed by atoms with Gasteiger partial charge in [0.1, 0.15) is 0 Å². The maximum Gasteiger partial charge on any atom is 0.0795 e. The Balaban J connectivity index is 1.91. The van der Waals surface area contributed by atoms with Crippen molar-refractivity contribution in [2.24, 2.45) is 0 Å². The van der Waals surface area contributed by atoms with Crippen molar-refractivity contribution in [3.05, 3.63) is 28.7 Å². The molecule has 0 bridgehead atoms. The highest BCUT2D eigenvalue weighted by Gasteiger charge is 2.13. The number of nitrogens with one attached hydrogen (secondary N) is 1. The summed E-state index contributed by atoms with van der Waals surface area (Å²) in [5, 5.41) is 5.69. The van der Waals surface area contributed by atoms with E-state index < -0.39 is 0 Å². The Morgan fingerprint density at radius 2 is 2.57 bits per heavy atom. The molecule has 1 aliphatic rings. The zero-order chi connectivity index (χ0) is 9.80. The van der Waals surface area contributed by atoms with Crippen LogP contribution < -0.4 is 5.32 Å². The van der Waals surface area contributed by atoms with Gasteiger partial charge in [-0.2, -0.15) is 0 Å². The van der Waals surface area contributed by atoms with Crippen LogP contribution in [0.4, 0.5) is 0 Å². The smallest absolute Gasteiger partial charge is 0.0795 e. The van der Waals surface area contributed by atoms with Gasteiger partial charge in [0.2, 0.25) is 0 Å². The summed E-state index contributed by atoms with van der Waals surface area (Å²) in [5.41, 5.74) is 3.05. The molecule has 0 spiro atoms. The highest BCUT2D eigenvalue weighted by Crippen LogP contribution is 2.17. The molecule has 2 nitrogen and oxygen atoms in total. The lowest BCUT2D eigenvalue weighted by Gasteiger charge is -2.21. The van der Waals surface area contributed by atoms with E-state index in [0.717, 1.165) is 5.69 Å². The molecule has 0 fully saturated rings. The van der Waals surface area contributed by atoms with Crippen LogP contribution in [0.3, 0.4) is 0 Å². The van der Waals surface area contributed by atoms with E-state index in [0.29, 0.717) is 12.1 Å². The van der Waals surface area contributed by atoms with Gasteiger partial charge < -0.3 is 5.32 Å². The monoisotopic (exact) mass is 208 g/mol. The van der Waals surface area contributed by atoms with E-state index in [1.54, 1.807) is 11.3 Å². The molecule has 1 aromatic rings. The molecule has 0 saturated heterocycles. The molecule has 1 aromatic heterocycles. The van der Waals surface area contributed by atoms with Crippen LogP contribution in [-0.2, 0) is 0 Å². The molecule has 1 N–H and O–H groups in total. The first kappa shape index (κ1) is 9.87. The van der Waals surface area contributed by atoms with Crippen LogP contribution in [-0.4, -0.2) is 11.0 Å². The Morgan fingerprint density at radius 3 is 3.21 bits per heavy atom. The average Bonchev–Trinajstić information content (AvgIpc) is 2.72. The number of hydrogen-bond acceptors (Lipinski definition) is 3. The summed E-state index contributed by atoms with van der Waals surface area (Å²) in [6, 6.07) is 0.912. The van der Waals surface area contributed by atoms with Crippen molar-refractivity contribution >= 4 is 11.3 Å². The minimum absolute atomic E-state index is 0.369. The number of nitrogens with zero attached hydrogens (tertiary/aromatic N) is 1. The van der Waals surface area contributed by atoms with Gasteiger partial charge in [-0.15, -0.1) is 11.3 Å². The van der Waals surface area contributed by atoms with Gasteiger partial charge in [-0.1, -0.05) is 12.2 Å². The predicted octanol–water partition coefficient (Wildman–Crippen LogP) is 2.90. The zero-order valence-corrected chi connectivity index (χ0v) is 9.26. The molecule has 2 unspecified atom stereocenters. The third kappa shape index (κ3) is 2.42. The molecule has 0 amide bonds. The molecule has 76 valence electrons. The minimum Gasteiger partial charge on any atom is -0.303 e. The van der Waals surface area contributed by atoms with Crippen molar-refractivity contribution in [1.82, 2.24) is 10.3 Å². The lowest BCUT2D eigenvalue weighted by atomic mass is 10.0. The summed E-state index contributed by atoms with van der Waals surface area (Å²) < 4.78 is 0. The van der Waals surface area contributed by atoms with Gasteiger partial charge in [0.05, 0.1) is 11.2 Å². The second kappa shape index (κ2) is 4.71. The lowest BCUT2D eigenvalue weighted by Crippen LogP contribution is -2.31. The standard InChI is InChI=1S/C11H16N2S/c1-9(11-7-14-8-12-11)13-10-5-3-2-4-6-10/h3,5,7-10,13H,2,4,6H2,1H3. The van der Waals surface area contributed by atoms with Gasteiger partial charge in [-0.05, 0) is 26.2 Å². The Morgan fingerprint density at radius 1 is 1.64 bits per heavy atom. The first-order chi connectivity index (χ1) is 6.86. The maximum atomic E-state index is 4.31. The number of rotatable bonds is 3. The summed E-state index contributed by atoms with van der Waals surface area (Å²) >= 11 is 1.66. The number of aromatic nitrogens is 1. The number of hydrogen-bond donors (Lipinski definition) is 1. The fourth-order valence-electron chi connectivity index (χ4n) is 1.79. The molecule has 0 aromatic carbocycles. The van der Waals surface area contributed by atoms with Crippen molar-refractivity contribution in [1.29, 1.82) is 0 Å². The van der Waals surface area contributed by atoms with Crippen molar-refractivity contribution < 1.29 is 0 Å². The second-order valence-electron chi connectivity index (χ2n) is 3.77. The quantitative estimate of drug-likeness (QED) is 0.773. The Bertz CT molecular complexity index is 292. The molecular weight excluding hydrogens is 192 g/mol. The molecule has 3 heteroatoms. The highest BCUT2D eigenvalue weighted by atomic mass is 32.1. The first-order valence-corrected chi connectivity index (χ1v) is 6.11. The van der Waals surface area contributed by atoms with Gasteiger partial charge in [0, 0.05) is 17.5 Å². The van der Waals surface area contributed by atoms with Crippen LogP contribution in [0.2, 0.25) is 0 Å². The van der Waals surface area contributed by atoms with Crippen molar-refractivity contribution in [2.75, 3.05) is 0 Å². The van der Waals surface area contributed by atoms with E-state index in [4.69, 9.17) is 0 Å². The van der Waals surface area contributed by atoms with E-state index in [1.807, 2.05) is 5.51 Å². The van der Waals surface area contributed by atoms with Crippen LogP contribution in [0.25, 0.3) is 0 Å². The fraction of sp³-hybridized carbons (Fsp3) is 0.545. The van der Waals surface area contributed by atoms with Crippen LogP contribution in [0.1, 0.15) is 37.9 Å². The second-order valence-corrected chi connectivity index (χ2v) is 4.49. The topological polar surface area (TPSA) is 24.9 Å². The van der Waals surface area contributed by atoms with Gasteiger partial charge in [0.25, 0.3) is 0 Å².